The highest BCUT2D eigenvalue weighted by Gasteiger charge is 2.13. The Morgan fingerprint density at radius 3 is 2.40 bits per heavy atom. The fourth-order valence-corrected chi connectivity index (χ4v) is 4.06. The summed E-state index contributed by atoms with van der Waals surface area (Å²) in [4.78, 5) is 0.0765. The molecular formula is C22H23BrN2O4S. The molecule has 6 nitrogen and oxygen atoms in total. The summed E-state index contributed by atoms with van der Waals surface area (Å²) in [5.74, 6) is 1.26. The van der Waals surface area contributed by atoms with Gasteiger partial charge in [-0.2, -0.15) is 0 Å². The van der Waals surface area contributed by atoms with Crippen LogP contribution in [0.2, 0.25) is 0 Å². The largest absolute Gasteiger partial charge is 0.493 e. The summed E-state index contributed by atoms with van der Waals surface area (Å²) in [5, 5.41) is 8.37. The van der Waals surface area contributed by atoms with Gasteiger partial charge < -0.3 is 14.8 Å². The number of ether oxygens (including phenoxy) is 2. The van der Waals surface area contributed by atoms with Crippen LogP contribution in [0, 0.1) is 6.92 Å². The van der Waals surface area contributed by atoms with E-state index in [-0.39, 0.29) is 4.90 Å². The zero-order valence-corrected chi connectivity index (χ0v) is 19.1. The van der Waals surface area contributed by atoms with Crippen molar-refractivity contribution in [3.8, 4) is 11.5 Å². The average Bonchev–Trinajstić information content (AvgIpc) is 2.70. The molecule has 0 saturated carbocycles. The van der Waals surface area contributed by atoms with Gasteiger partial charge in [0.05, 0.1) is 16.5 Å². The number of rotatable bonds is 8. The summed E-state index contributed by atoms with van der Waals surface area (Å²) >= 11 is 3.57. The van der Waals surface area contributed by atoms with Crippen molar-refractivity contribution in [3.63, 3.8) is 0 Å². The quantitative estimate of drug-likeness (QED) is 0.481. The van der Waals surface area contributed by atoms with Gasteiger partial charge in [0, 0.05) is 12.2 Å². The van der Waals surface area contributed by atoms with E-state index < -0.39 is 10.0 Å². The highest BCUT2D eigenvalue weighted by Crippen LogP contribution is 2.37. The van der Waals surface area contributed by atoms with Crippen LogP contribution in [0.15, 0.2) is 70.0 Å². The van der Waals surface area contributed by atoms with Gasteiger partial charge in [-0.1, -0.05) is 29.8 Å². The lowest BCUT2D eigenvalue weighted by Gasteiger charge is -2.15. The monoisotopic (exact) mass is 490 g/mol. The van der Waals surface area contributed by atoms with Crippen molar-refractivity contribution in [1.29, 1.82) is 0 Å². The second kappa shape index (κ2) is 9.51. The van der Waals surface area contributed by atoms with Gasteiger partial charge in [-0.3, -0.25) is 0 Å². The molecule has 0 aliphatic heterocycles. The highest BCUT2D eigenvalue weighted by molar-refractivity contribution is 9.10. The first-order valence-electron chi connectivity index (χ1n) is 9.18. The number of methoxy groups -OCH3 is 1. The van der Waals surface area contributed by atoms with Gasteiger partial charge in [0.2, 0.25) is 10.0 Å². The zero-order chi connectivity index (χ0) is 21.7. The maximum absolute atomic E-state index is 11.4. The summed E-state index contributed by atoms with van der Waals surface area (Å²) in [6.07, 6.45) is 0. The summed E-state index contributed by atoms with van der Waals surface area (Å²) in [6.45, 7) is 3.00. The average molecular weight is 491 g/mol. The normalized spacial score (nSPS) is 11.2. The van der Waals surface area contributed by atoms with Crippen molar-refractivity contribution in [3.05, 3.63) is 81.8 Å². The van der Waals surface area contributed by atoms with Crippen LogP contribution in [-0.4, -0.2) is 15.5 Å². The minimum absolute atomic E-state index is 0.0765. The number of halogens is 1. The molecule has 0 aliphatic carbocycles. The van der Waals surface area contributed by atoms with Gasteiger partial charge in [-0.25, -0.2) is 13.6 Å². The summed E-state index contributed by atoms with van der Waals surface area (Å²) in [6, 6.07) is 18.3. The molecule has 0 heterocycles. The van der Waals surface area contributed by atoms with Crippen LogP contribution in [0.4, 0.5) is 5.69 Å². The van der Waals surface area contributed by atoms with Crippen LogP contribution >= 0.6 is 15.9 Å². The van der Waals surface area contributed by atoms with E-state index in [2.05, 4.69) is 27.3 Å². The zero-order valence-electron chi connectivity index (χ0n) is 16.7. The van der Waals surface area contributed by atoms with E-state index in [0.717, 1.165) is 21.3 Å². The van der Waals surface area contributed by atoms with Gasteiger partial charge in [0.15, 0.2) is 11.5 Å². The summed E-state index contributed by atoms with van der Waals surface area (Å²) in [7, 11) is -2.10. The minimum Gasteiger partial charge on any atom is -0.493 e. The van der Waals surface area contributed by atoms with E-state index in [4.69, 9.17) is 14.6 Å². The predicted molar refractivity (Wildman–Crippen MR) is 121 cm³/mol. The first-order valence-corrected chi connectivity index (χ1v) is 11.5. The third-order valence-electron chi connectivity index (χ3n) is 4.43. The Bertz CT molecular complexity index is 1130. The predicted octanol–water partition coefficient (Wildman–Crippen LogP) is 4.60. The smallest absolute Gasteiger partial charge is 0.238 e. The SMILES string of the molecule is COc1cc(CNc2ccc(S(N)(=O)=O)cc2)cc(Br)c1OCc1cccc(C)c1. The Hall–Kier alpha value is -2.55. The summed E-state index contributed by atoms with van der Waals surface area (Å²) in [5.41, 5.74) is 4.01. The van der Waals surface area contributed by atoms with Gasteiger partial charge >= 0.3 is 0 Å². The molecule has 158 valence electrons. The minimum atomic E-state index is -3.70. The molecule has 0 unspecified atom stereocenters. The molecule has 0 radical (unpaired) electrons. The molecular weight excluding hydrogens is 468 g/mol. The molecule has 0 aromatic heterocycles. The number of hydrogen-bond donors (Lipinski definition) is 2. The number of nitrogens with two attached hydrogens (primary N) is 1. The van der Waals surface area contributed by atoms with Crippen molar-refractivity contribution >= 4 is 31.6 Å². The molecule has 0 aliphatic rings. The molecule has 0 fully saturated rings. The van der Waals surface area contributed by atoms with Crippen molar-refractivity contribution in [2.45, 2.75) is 25.0 Å². The topological polar surface area (TPSA) is 90.6 Å². The molecule has 3 aromatic rings. The molecule has 0 amide bonds. The second-order valence-corrected chi connectivity index (χ2v) is 9.23. The maximum atomic E-state index is 11.4. The Kier molecular flexibility index (Phi) is 7.02. The molecule has 30 heavy (non-hydrogen) atoms. The second-order valence-electron chi connectivity index (χ2n) is 6.81. The van der Waals surface area contributed by atoms with E-state index in [1.54, 1.807) is 19.2 Å². The van der Waals surface area contributed by atoms with Gasteiger partial charge in [0.1, 0.15) is 6.61 Å². The van der Waals surface area contributed by atoms with Gasteiger partial charge in [0.25, 0.3) is 0 Å². The van der Waals surface area contributed by atoms with E-state index >= 15 is 0 Å². The molecule has 0 spiro atoms. The first kappa shape index (κ1) is 22.1. The van der Waals surface area contributed by atoms with Crippen LogP contribution < -0.4 is 19.9 Å². The molecule has 0 bridgehead atoms. The van der Waals surface area contributed by atoms with E-state index in [0.29, 0.717) is 24.7 Å². The molecule has 3 aromatic carbocycles. The molecule has 0 atom stereocenters. The van der Waals surface area contributed by atoms with Crippen LogP contribution in [0.3, 0.4) is 0 Å². The lowest BCUT2D eigenvalue weighted by molar-refractivity contribution is 0.282. The van der Waals surface area contributed by atoms with E-state index in [9.17, 15) is 8.42 Å². The number of primary sulfonamides is 1. The maximum Gasteiger partial charge on any atom is 0.238 e. The number of hydrogen-bond acceptors (Lipinski definition) is 5. The van der Waals surface area contributed by atoms with Crippen LogP contribution in [0.25, 0.3) is 0 Å². The fourth-order valence-electron chi connectivity index (χ4n) is 2.94. The number of nitrogens with one attached hydrogen (secondary N) is 1. The van der Waals surface area contributed by atoms with Gasteiger partial charge in [-0.05, 0) is 70.4 Å². The molecule has 3 N–H and O–H groups in total. The van der Waals surface area contributed by atoms with E-state index in [1.807, 2.05) is 37.3 Å². The van der Waals surface area contributed by atoms with Crippen molar-refractivity contribution in [1.82, 2.24) is 0 Å². The third kappa shape index (κ3) is 5.75. The Labute approximate surface area is 185 Å². The van der Waals surface area contributed by atoms with Crippen molar-refractivity contribution in [2.75, 3.05) is 12.4 Å². The standard InChI is InChI=1S/C22H23BrN2O4S/c1-15-4-3-5-16(10-15)14-29-22-20(23)11-17(12-21(22)28-2)13-25-18-6-8-19(9-7-18)30(24,26)27/h3-12,25H,13-14H2,1-2H3,(H2,24,26,27). The first-order chi connectivity index (χ1) is 14.3. The van der Waals surface area contributed by atoms with Gasteiger partial charge in [-0.15, -0.1) is 0 Å². The Morgan fingerprint density at radius 2 is 1.77 bits per heavy atom. The highest BCUT2D eigenvalue weighted by atomic mass is 79.9. The molecule has 3 rings (SSSR count). The Balaban J connectivity index is 1.70. The molecule has 8 heteroatoms. The lowest BCUT2D eigenvalue weighted by atomic mass is 10.1. The molecule has 0 saturated heterocycles. The van der Waals surface area contributed by atoms with Crippen LogP contribution in [0.5, 0.6) is 11.5 Å². The van der Waals surface area contributed by atoms with Crippen LogP contribution in [0.1, 0.15) is 16.7 Å². The number of anilines is 1. The third-order valence-corrected chi connectivity index (χ3v) is 5.95. The van der Waals surface area contributed by atoms with Crippen molar-refractivity contribution < 1.29 is 17.9 Å². The number of sulfonamides is 1. The van der Waals surface area contributed by atoms with E-state index in [1.165, 1.54) is 17.7 Å². The fraction of sp³-hybridized carbons (Fsp3) is 0.182. The van der Waals surface area contributed by atoms with Crippen molar-refractivity contribution in [2.24, 2.45) is 5.14 Å². The number of benzene rings is 3. The lowest BCUT2D eigenvalue weighted by Crippen LogP contribution is -2.12. The Morgan fingerprint density at radius 1 is 1.03 bits per heavy atom. The number of aryl methyl sites for hydroxylation is 1. The summed E-state index contributed by atoms with van der Waals surface area (Å²) < 4.78 is 35.0. The van der Waals surface area contributed by atoms with Crippen LogP contribution in [-0.2, 0) is 23.2 Å².